The Hall–Kier alpha value is -3.46. The number of methoxy groups -OCH3 is 1. The van der Waals surface area contributed by atoms with Crippen LogP contribution in [0.15, 0.2) is 42.5 Å². The fourth-order valence-electron chi connectivity index (χ4n) is 3.85. The van der Waals surface area contributed by atoms with Gasteiger partial charge in [0.2, 0.25) is 5.91 Å². The van der Waals surface area contributed by atoms with Gasteiger partial charge < -0.3 is 20.3 Å². The lowest BCUT2D eigenvalue weighted by atomic mass is 10.0. The largest absolute Gasteiger partial charge is 0.496 e. The molecule has 1 heterocycles. The van der Waals surface area contributed by atoms with Crippen molar-refractivity contribution in [2.75, 3.05) is 32.1 Å². The van der Waals surface area contributed by atoms with Crippen LogP contribution >= 0.6 is 0 Å². The molecule has 0 aliphatic carbocycles. The van der Waals surface area contributed by atoms with Gasteiger partial charge >= 0.3 is 0 Å². The van der Waals surface area contributed by atoms with E-state index in [-0.39, 0.29) is 28.7 Å². The molecule has 2 aromatic rings. The number of piperidine rings is 1. The van der Waals surface area contributed by atoms with E-state index in [1.54, 1.807) is 0 Å². The van der Waals surface area contributed by atoms with E-state index in [0.29, 0.717) is 0 Å². The van der Waals surface area contributed by atoms with Crippen molar-refractivity contribution in [1.82, 2.24) is 10.2 Å². The average Bonchev–Trinajstić information content (AvgIpc) is 2.78. The number of hydrogen-bond acceptors (Lipinski definition) is 6. The SMILES string of the molecule is COc1cc(NC(C)=O)c([N+](=O)[O-])cc1C(=O)NC1CCN(CCc2ccccc2)CC1. The van der Waals surface area contributed by atoms with Gasteiger partial charge in [0, 0.05) is 44.7 Å². The zero-order valence-corrected chi connectivity index (χ0v) is 18.3. The summed E-state index contributed by atoms with van der Waals surface area (Å²) in [5, 5.41) is 16.8. The summed E-state index contributed by atoms with van der Waals surface area (Å²) in [4.78, 5) is 37.4. The second kappa shape index (κ2) is 10.7. The topological polar surface area (TPSA) is 114 Å². The summed E-state index contributed by atoms with van der Waals surface area (Å²) in [6, 6.07) is 12.8. The summed E-state index contributed by atoms with van der Waals surface area (Å²) in [7, 11) is 1.38. The molecule has 0 bridgehead atoms. The van der Waals surface area contributed by atoms with Gasteiger partial charge in [-0.1, -0.05) is 30.3 Å². The van der Waals surface area contributed by atoms with E-state index in [1.807, 2.05) is 18.2 Å². The van der Waals surface area contributed by atoms with E-state index >= 15 is 0 Å². The maximum atomic E-state index is 12.9. The minimum absolute atomic E-state index is 0.0115. The number of rotatable bonds is 8. The molecule has 3 rings (SSSR count). The number of hydrogen-bond donors (Lipinski definition) is 2. The van der Waals surface area contributed by atoms with Gasteiger partial charge in [-0.3, -0.25) is 19.7 Å². The van der Waals surface area contributed by atoms with Crippen molar-refractivity contribution in [3.63, 3.8) is 0 Å². The van der Waals surface area contributed by atoms with Gasteiger partial charge in [-0.25, -0.2) is 0 Å². The first-order valence-corrected chi connectivity index (χ1v) is 10.6. The first kappa shape index (κ1) is 23.2. The molecule has 170 valence electrons. The van der Waals surface area contributed by atoms with Crippen LogP contribution in [0.25, 0.3) is 0 Å². The highest BCUT2D eigenvalue weighted by molar-refractivity contribution is 6.00. The van der Waals surface area contributed by atoms with Crippen molar-refractivity contribution < 1.29 is 19.2 Å². The average molecular weight is 441 g/mol. The first-order valence-electron chi connectivity index (χ1n) is 10.6. The smallest absolute Gasteiger partial charge is 0.293 e. The van der Waals surface area contributed by atoms with Gasteiger partial charge in [0.05, 0.1) is 17.6 Å². The Labute approximate surface area is 186 Å². The molecule has 9 heteroatoms. The predicted octanol–water partition coefficient (Wildman–Crippen LogP) is 3.00. The third kappa shape index (κ3) is 6.04. The van der Waals surface area contributed by atoms with Crippen molar-refractivity contribution in [3.8, 4) is 5.75 Å². The van der Waals surface area contributed by atoms with Crippen LogP contribution in [-0.4, -0.2) is 54.4 Å². The van der Waals surface area contributed by atoms with Gasteiger partial charge in [-0.15, -0.1) is 0 Å². The first-order chi connectivity index (χ1) is 15.4. The van der Waals surface area contributed by atoms with E-state index in [4.69, 9.17) is 4.74 Å². The highest BCUT2D eigenvalue weighted by Gasteiger charge is 2.26. The van der Waals surface area contributed by atoms with Crippen LogP contribution in [0.2, 0.25) is 0 Å². The molecule has 32 heavy (non-hydrogen) atoms. The molecule has 1 fully saturated rings. The molecule has 9 nitrogen and oxygen atoms in total. The highest BCUT2D eigenvalue weighted by atomic mass is 16.6. The zero-order chi connectivity index (χ0) is 23.1. The van der Waals surface area contributed by atoms with Gasteiger partial charge in [-0.2, -0.15) is 0 Å². The molecule has 0 radical (unpaired) electrons. The lowest BCUT2D eigenvalue weighted by Gasteiger charge is -2.32. The number of nitrogens with one attached hydrogen (secondary N) is 2. The van der Waals surface area contributed by atoms with Crippen LogP contribution in [-0.2, 0) is 11.2 Å². The van der Waals surface area contributed by atoms with Gasteiger partial charge in [-0.05, 0) is 24.8 Å². The summed E-state index contributed by atoms with van der Waals surface area (Å²) >= 11 is 0. The van der Waals surface area contributed by atoms with Crippen molar-refractivity contribution >= 4 is 23.2 Å². The minimum atomic E-state index is -0.632. The minimum Gasteiger partial charge on any atom is -0.496 e. The Morgan fingerprint density at radius 3 is 2.47 bits per heavy atom. The fraction of sp³-hybridized carbons (Fsp3) is 0.391. The number of likely N-dealkylation sites (tertiary alicyclic amines) is 1. The third-order valence-electron chi connectivity index (χ3n) is 5.55. The molecule has 0 unspecified atom stereocenters. The second-order valence-corrected chi connectivity index (χ2v) is 7.83. The summed E-state index contributed by atoms with van der Waals surface area (Å²) in [5.74, 6) is -0.717. The number of amides is 2. The van der Waals surface area contributed by atoms with Gasteiger partial charge in [0.1, 0.15) is 11.4 Å². The van der Waals surface area contributed by atoms with Crippen LogP contribution < -0.4 is 15.4 Å². The molecule has 0 spiro atoms. The molecular formula is C23H28N4O5. The Bertz CT molecular complexity index is 972. The van der Waals surface area contributed by atoms with E-state index in [1.165, 1.54) is 25.7 Å². The molecule has 1 aliphatic heterocycles. The monoisotopic (exact) mass is 440 g/mol. The van der Waals surface area contributed by atoms with Gasteiger partial charge in [0.15, 0.2) is 0 Å². The van der Waals surface area contributed by atoms with Crippen molar-refractivity contribution in [2.45, 2.75) is 32.2 Å². The predicted molar refractivity (Wildman–Crippen MR) is 121 cm³/mol. The van der Waals surface area contributed by atoms with E-state index in [2.05, 4.69) is 27.7 Å². The molecule has 1 aliphatic rings. The Kier molecular flexibility index (Phi) is 7.77. The Morgan fingerprint density at radius 2 is 1.88 bits per heavy atom. The molecule has 2 N–H and O–H groups in total. The van der Waals surface area contributed by atoms with Gasteiger partial charge in [0.25, 0.3) is 11.6 Å². The summed E-state index contributed by atoms with van der Waals surface area (Å²) in [6.45, 7) is 3.96. The second-order valence-electron chi connectivity index (χ2n) is 7.83. The van der Waals surface area contributed by atoms with Crippen molar-refractivity contribution in [2.24, 2.45) is 0 Å². The molecule has 2 aromatic carbocycles. The molecular weight excluding hydrogens is 412 g/mol. The molecule has 2 amide bonds. The number of carbonyl (C=O) groups is 2. The highest BCUT2D eigenvalue weighted by Crippen LogP contribution is 2.33. The number of anilines is 1. The quantitative estimate of drug-likeness (QED) is 0.482. The van der Waals surface area contributed by atoms with Crippen LogP contribution in [0.5, 0.6) is 5.75 Å². The maximum absolute atomic E-state index is 12.9. The number of benzene rings is 2. The molecule has 0 saturated carbocycles. The number of ether oxygens (including phenoxy) is 1. The van der Waals surface area contributed by atoms with E-state index in [0.717, 1.165) is 45.0 Å². The summed E-state index contributed by atoms with van der Waals surface area (Å²) in [6.07, 6.45) is 2.59. The Morgan fingerprint density at radius 1 is 1.19 bits per heavy atom. The lowest BCUT2D eigenvalue weighted by molar-refractivity contribution is -0.384. The van der Waals surface area contributed by atoms with Crippen molar-refractivity contribution in [1.29, 1.82) is 0 Å². The molecule has 0 aromatic heterocycles. The van der Waals surface area contributed by atoms with Crippen molar-refractivity contribution in [3.05, 3.63) is 63.7 Å². The van der Waals surface area contributed by atoms with Crippen LogP contribution in [0.3, 0.4) is 0 Å². The van der Waals surface area contributed by atoms with Crippen LogP contribution in [0, 0.1) is 10.1 Å². The van der Waals surface area contributed by atoms with Crippen LogP contribution in [0.4, 0.5) is 11.4 Å². The van der Waals surface area contributed by atoms with E-state index < -0.39 is 16.7 Å². The fourth-order valence-corrected chi connectivity index (χ4v) is 3.85. The normalized spacial score (nSPS) is 14.6. The standard InChI is InChI=1S/C23H28N4O5/c1-16(28)24-20-15-22(32-2)19(14-21(20)27(30)31)23(29)25-18-9-12-26(13-10-18)11-8-17-6-4-3-5-7-17/h3-7,14-15,18H,8-13H2,1-2H3,(H,24,28)(H,25,29). The zero-order valence-electron chi connectivity index (χ0n) is 18.3. The van der Waals surface area contributed by atoms with E-state index in [9.17, 15) is 19.7 Å². The molecule has 1 saturated heterocycles. The number of carbonyl (C=O) groups excluding carboxylic acids is 2. The Balaban J connectivity index is 1.61. The summed E-state index contributed by atoms with van der Waals surface area (Å²) < 4.78 is 5.26. The lowest BCUT2D eigenvalue weighted by Crippen LogP contribution is -2.45. The molecule has 0 atom stereocenters. The maximum Gasteiger partial charge on any atom is 0.293 e. The number of nitrogens with zero attached hydrogens (tertiary/aromatic N) is 2. The third-order valence-corrected chi connectivity index (χ3v) is 5.55. The number of nitro groups is 1. The summed E-state index contributed by atoms with van der Waals surface area (Å²) in [5.41, 5.74) is 1.00. The number of nitro benzene ring substituents is 1. The van der Waals surface area contributed by atoms with Crippen LogP contribution in [0.1, 0.15) is 35.7 Å².